The van der Waals surface area contributed by atoms with Crippen LogP contribution in [0.5, 0.6) is 11.5 Å². The topological polar surface area (TPSA) is 74.6 Å². The number of phenols is 2. The fourth-order valence-corrected chi connectivity index (χ4v) is 6.34. The minimum absolute atomic E-state index is 0.00522. The van der Waals surface area contributed by atoms with Crippen molar-refractivity contribution in [2.45, 2.75) is 65.7 Å². The van der Waals surface area contributed by atoms with E-state index in [0.29, 0.717) is 12.0 Å². The van der Waals surface area contributed by atoms with Crippen LogP contribution in [-0.4, -0.2) is 21.8 Å². The lowest BCUT2D eigenvalue weighted by atomic mass is 9.66. The van der Waals surface area contributed by atoms with Gasteiger partial charge in [-0.15, -0.1) is 0 Å². The van der Waals surface area contributed by atoms with Crippen molar-refractivity contribution in [2.75, 3.05) is 0 Å². The lowest BCUT2D eigenvalue weighted by Crippen LogP contribution is -2.42. The first-order valence-corrected chi connectivity index (χ1v) is 10.5. The van der Waals surface area contributed by atoms with E-state index in [1.54, 1.807) is 6.07 Å². The second kappa shape index (κ2) is 6.32. The molecular formula is C25H30O4. The smallest absolute Gasteiger partial charge is 0.177 e. The van der Waals surface area contributed by atoms with Crippen LogP contribution in [0.1, 0.15) is 76.2 Å². The Morgan fingerprint density at radius 1 is 1.17 bits per heavy atom. The van der Waals surface area contributed by atoms with Crippen LogP contribution in [0.4, 0.5) is 0 Å². The monoisotopic (exact) mass is 394 g/mol. The zero-order valence-electron chi connectivity index (χ0n) is 17.9. The summed E-state index contributed by atoms with van der Waals surface area (Å²) >= 11 is 0. The molecule has 0 unspecified atom stereocenters. The fraction of sp³-hybridized carbons (Fsp3) is 0.520. The van der Waals surface area contributed by atoms with E-state index in [1.807, 2.05) is 0 Å². The van der Waals surface area contributed by atoms with Gasteiger partial charge >= 0.3 is 0 Å². The number of phenolic OH excluding ortho intramolecular Hbond substituents is 2. The molecule has 3 aliphatic carbocycles. The van der Waals surface area contributed by atoms with Crippen molar-refractivity contribution in [3.05, 3.63) is 46.1 Å². The molecule has 154 valence electrons. The first kappa shape index (κ1) is 19.9. The number of benzene rings is 1. The summed E-state index contributed by atoms with van der Waals surface area (Å²) in [6.07, 6.45) is 5.11. The van der Waals surface area contributed by atoms with Crippen LogP contribution in [-0.2, 0) is 10.2 Å². The minimum atomic E-state index is -0.823. The molecule has 2 bridgehead atoms. The van der Waals surface area contributed by atoms with Crippen LogP contribution in [0, 0.1) is 17.3 Å². The summed E-state index contributed by atoms with van der Waals surface area (Å²) < 4.78 is 0. The van der Waals surface area contributed by atoms with Gasteiger partial charge in [-0.3, -0.25) is 9.59 Å². The maximum Gasteiger partial charge on any atom is 0.177 e. The third kappa shape index (κ3) is 2.50. The Morgan fingerprint density at radius 2 is 1.86 bits per heavy atom. The number of carbonyl (C=O) groups excluding carboxylic acids is 2. The molecule has 0 amide bonds. The zero-order chi connectivity index (χ0) is 21.3. The predicted octanol–water partition coefficient (Wildman–Crippen LogP) is 5.23. The molecule has 3 aliphatic rings. The van der Waals surface area contributed by atoms with Gasteiger partial charge in [-0.05, 0) is 76.3 Å². The largest absolute Gasteiger partial charge is 0.508 e. The minimum Gasteiger partial charge on any atom is -0.508 e. The first-order valence-electron chi connectivity index (χ1n) is 10.5. The molecular weight excluding hydrogens is 364 g/mol. The van der Waals surface area contributed by atoms with Gasteiger partial charge in [0.2, 0.25) is 0 Å². The molecule has 0 saturated heterocycles. The van der Waals surface area contributed by atoms with Crippen molar-refractivity contribution in [1.29, 1.82) is 0 Å². The van der Waals surface area contributed by atoms with Crippen LogP contribution in [0.15, 0.2) is 34.9 Å². The Morgan fingerprint density at radius 3 is 2.48 bits per heavy atom. The Labute approximate surface area is 172 Å². The Balaban J connectivity index is 1.97. The highest BCUT2D eigenvalue weighted by atomic mass is 16.3. The van der Waals surface area contributed by atoms with Crippen LogP contribution in [0.3, 0.4) is 0 Å². The average molecular weight is 395 g/mol. The van der Waals surface area contributed by atoms with E-state index in [9.17, 15) is 19.8 Å². The molecule has 0 radical (unpaired) electrons. The predicted molar refractivity (Wildman–Crippen MR) is 112 cm³/mol. The highest BCUT2D eigenvalue weighted by molar-refractivity contribution is 6.22. The molecule has 0 heterocycles. The van der Waals surface area contributed by atoms with E-state index in [2.05, 4.69) is 40.7 Å². The summed E-state index contributed by atoms with van der Waals surface area (Å²) in [4.78, 5) is 27.3. The number of aromatic hydroxyl groups is 2. The summed E-state index contributed by atoms with van der Waals surface area (Å²) in [6.45, 7) is 10.4. The van der Waals surface area contributed by atoms with Crippen LogP contribution < -0.4 is 0 Å². The van der Waals surface area contributed by atoms with E-state index in [4.69, 9.17) is 0 Å². The quantitative estimate of drug-likeness (QED) is 0.544. The summed E-state index contributed by atoms with van der Waals surface area (Å²) in [5.74, 6) is -1.33. The first-order chi connectivity index (χ1) is 13.5. The van der Waals surface area contributed by atoms with Gasteiger partial charge in [0.25, 0.3) is 0 Å². The highest BCUT2D eigenvalue weighted by Gasteiger charge is 2.73. The Hall–Kier alpha value is -2.36. The van der Waals surface area contributed by atoms with E-state index in [1.165, 1.54) is 22.8 Å². The Bertz CT molecular complexity index is 990. The molecule has 1 spiro atoms. The third-order valence-electron chi connectivity index (χ3n) is 7.73. The van der Waals surface area contributed by atoms with E-state index in [0.717, 1.165) is 19.3 Å². The molecule has 1 aromatic rings. The van der Waals surface area contributed by atoms with Gasteiger partial charge in [0, 0.05) is 6.07 Å². The highest BCUT2D eigenvalue weighted by Crippen LogP contribution is 2.70. The fourth-order valence-electron chi connectivity index (χ4n) is 6.34. The summed E-state index contributed by atoms with van der Waals surface area (Å²) in [5, 5.41) is 20.7. The molecule has 2 saturated carbocycles. The van der Waals surface area contributed by atoms with Crippen molar-refractivity contribution >= 4 is 11.6 Å². The number of allylic oxidation sites excluding steroid dienone is 4. The maximum absolute atomic E-state index is 13.8. The number of ketones is 2. The van der Waals surface area contributed by atoms with Crippen molar-refractivity contribution in [2.24, 2.45) is 17.3 Å². The molecule has 2 fully saturated rings. The van der Waals surface area contributed by atoms with Gasteiger partial charge in [0.05, 0.1) is 16.9 Å². The number of Topliss-reactive ketones (excluding diaryl/α,β-unsaturated/α-hetero) is 2. The molecule has 4 atom stereocenters. The van der Waals surface area contributed by atoms with Crippen LogP contribution in [0.25, 0.3) is 0 Å². The van der Waals surface area contributed by atoms with Gasteiger partial charge < -0.3 is 10.2 Å². The second-order valence-electron chi connectivity index (χ2n) is 9.88. The summed E-state index contributed by atoms with van der Waals surface area (Å²) in [5.41, 5.74) is 3.19. The van der Waals surface area contributed by atoms with Crippen molar-refractivity contribution in [3.8, 4) is 11.5 Å². The van der Waals surface area contributed by atoms with Gasteiger partial charge in [-0.1, -0.05) is 29.7 Å². The maximum atomic E-state index is 13.8. The number of hydrogen-bond donors (Lipinski definition) is 2. The molecule has 1 aromatic carbocycles. The van der Waals surface area contributed by atoms with Gasteiger partial charge in [0.15, 0.2) is 11.6 Å². The Kier molecular flexibility index (Phi) is 4.34. The van der Waals surface area contributed by atoms with Gasteiger partial charge in [-0.2, -0.15) is 0 Å². The summed E-state index contributed by atoms with van der Waals surface area (Å²) in [6, 6.07) is 2.76. The van der Waals surface area contributed by atoms with Gasteiger partial charge in [0.1, 0.15) is 11.5 Å². The number of hydrogen-bond acceptors (Lipinski definition) is 4. The van der Waals surface area contributed by atoms with E-state index >= 15 is 0 Å². The molecule has 4 nitrogen and oxygen atoms in total. The number of fused-ring (bicyclic) bond motifs is 2. The van der Waals surface area contributed by atoms with Crippen LogP contribution >= 0.6 is 0 Å². The SMILES string of the molecule is CC(C)=CCC[C@]1(C)[C@@H]2C(=O)c3c(O)cc(O)cc3[C@@]3(CC(=C(C)C)C[C@@H]13)C2=O. The van der Waals surface area contributed by atoms with E-state index < -0.39 is 16.7 Å². The lowest BCUT2D eigenvalue weighted by molar-refractivity contribution is -0.125. The molecule has 0 aliphatic heterocycles. The molecule has 4 heteroatoms. The third-order valence-corrected chi connectivity index (χ3v) is 7.73. The molecule has 0 aromatic heterocycles. The summed E-state index contributed by atoms with van der Waals surface area (Å²) in [7, 11) is 0. The standard InChI is InChI=1S/C25H30O4/c1-13(2)7-6-8-24(5)19-9-15(14(3)4)12-25(19)17-10-16(26)11-18(27)20(17)22(28)21(24)23(25)29/h7,10-11,19,21,26-27H,6,8-9,12H2,1-5H3/t19-,21+,24-,25+/m0/s1. The lowest BCUT2D eigenvalue weighted by Gasteiger charge is -2.35. The van der Waals surface area contributed by atoms with Crippen molar-refractivity contribution in [3.63, 3.8) is 0 Å². The van der Waals surface area contributed by atoms with Crippen molar-refractivity contribution < 1.29 is 19.8 Å². The van der Waals surface area contributed by atoms with E-state index in [-0.39, 0.29) is 34.5 Å². The van der Waals surface area contributed by atoms with Crippen LogP contribution in [0.2, 0.25) is 0 Å². The second-order valence-corrected chi connectivity index (χ2v) is 9.88. The number of rotatable bonds is 3. The van der Waals surface area contributed by atoms with Gasteiger partial charge in [-0.25, -0.2) is 0 Å². The van der Waals surface area contributed by atoms with Crippen molar-refractivity contribution in [1.82, 2.24) is 0 Å². The zero-order valence-corrected chi connectivity index (χ0v) is 17.9. The normalized spacial score (nSPS) is 32.2. The molecule has 2 N–H and O–H groups in total. The average Bonchev–Trinajstić information content (AvgIpc) is 3.06. The number of carbonyl (C=O) groups is 2. The molecule has 29 heavy (non-hydrogen) atoms. The molecule has 4 rings (SSSR count).